The topological polar surface area (TPSA) is 79.8 Å². The number of nitro groups is 1. The number of hydrogen-bond acceptors (Lipinski definition) is 5. The molecule has 0 radical (unpaired) electrons. The molecule has 3 aromatic rings. The fourth-order valence-electron chi connectivity index (χ4n) is 3.76. The van der Waals surface area contributed by atoms with E-state index in [0.29, 0.717) is 19.6 Å². The van der Waals surface area contributed by atoms with E-state index in [1.807, 2.05) is 42.2 Å². The van der Waals surface area contributed by atoms with Crippen LogP contribution < -0.4 is 0 Å². The van der Waals surface area contributed by atoms with Crippen LogP contribution in [0.2, 0.25) is 0 Å². The third kappa shape index (κ3) is 7.57. The second-order valence-corrected chi connectivity index (χ2v) is 8.20. The van der Waals surface area contributed by atoms with E-state index in [0.717, 1.165) is 36.5 Å². The predicted molar refractivity (Wildman–Crippen MR) is 128 cm³/mol. The zero-order chi connectivity index (χ0) is 23.6. The van der Waals surface area contributed by atoms with E-state index in [-0.39, 0.29) is 18.1 Å². The number of furan rings is 1. The summed E-state index contributed by atoms with van der Waals surface area (Å²) in [6.07, 6.45) is 1.67. The van der Waals surface area contributed by atoms with Crippen LogP contribution in [0, 0.1) is 17.0 Å². The maximum atomic E-state index is 13.3. The van der Waals surface area contributed by atoms with Gasteiger partial charge >= 0.3 is 0 Å². The van der Waals surface area contributed by atoms with Gasteiger partial charge in [-0.15, -0.1) is 0 Å². The highest BCUT2D eigenvalue weighted by molar-refractivity contribution is 5.78. The lowest BCUT2D eigenvalue weighted by molar-refractivity contribution is -0.384. The Bertz CT molecular complexity index is 1030. The highest BCUT2D eigenvalue weighted by atomic mass is 16.6. The number of amides is 1. The summed E-state index contributed by atoms with van der Waals surface area (Å²) in [4.78, 5) is 27.8. The first-order chi connectivity index (χ1) is 15.9. The number of carbonyl (C=O) groups excluding carboxylic acids is 1. The number of aryl methyl sites for hydroxylation is 1. The van der Waals surface area contributed by atoms with Gasteiger partial charge in [0.05, 0.1) is 18.0 Å². The highest BCUT2D eigenvalue weighted by Crippen LogP contribution is 2.15. The molecule has 0 unspecified atom stereocenters. The van der Waals surface area contributed by atoms with Gasteiger partial charge in [0.15, 0.2) is 0 Å². The molecule has 0 saturated carbocycles. The summed E-state index contributed by atoms with van der Waals surface area (Å²) in [5, 5.41) is 10.9. The van der Waals surface area contributed by atoms with Gasteiger partial charge in [0, 0.05) is 25.2 Å². The lowest BCUT2D eigenvalue weighted by Crippen LogP contribution is -2.41. The zero-order valence-electron chi connectivity index (χ0n) is 19.3. The lowest BCUT2D eigenvalue weighted by Gasteiger charge is -2.27. The SMILES string of the molecule is CCCN(CC(=O)N(CCc1ccccc1)Cc1ccc(C)o1)Cc1ccc([N+](=O)[O-])cc1. The van der Waals surface area contributed by atoms with Crippen molar-refractivity contribution in [2.24, 2.45) is 0 Å². The molecule has 1 aromatic heterocycles. The van der Waals surface area contributed by atoms with Crippen molar-refractivity contribution < 1.29 is 14.1 Å². The van der Waals surface area contributed by atoms with Crippen LogP contribution in [0.15, 0.2) is 71.1 Å². The second-order valence-electron chi connectivity index (χ2n) is 8.20. The first kappa shape index (κ1) is 24.2. The maximum absolute atomic E-state index is 13.3. The van der Waals surface area contributed by atoms with E-state index in [9.17, 15) is 14.9 Å². The van der Waals surface area contributed by atoms with Gasteiger partial charge in [-0.3, -0.25) is 19.8 Å². The molecule has 0 N–H and O–H groups in total. The van der Waals surface area contributed by atoms with Crippen molar-refractivity contribution in [2.45, 2.75) is 39.8 Å². The zero-order valence-corrected chi connectivity index (χ0v) is 19.3. The molecule has 0 saturated heterocycles. The molecule has 0 aliphatic heterocycles. The van der Waals surface area contributed by atoms with Crippen LogP contribution in [0.5, 0.6) is 0 Å². The number of carbonyl (C=O) groups is 1. The third-order valence-electron chi connectivity index (χ3n) is 5.46. The Kier molecular flexibility index (Phi) is 8.78. The standard InChI is InChI=1S/C26H31N3O4/c1-3-16-27(18-23-10-12-24(13-11-23)29(31)32)20-26(30)28(19-25-14-9-21(2)33-25)17-15-22-7-5-4-6-8-22/h4-14H,3,15-20H2,1-2H3. The van der Waals surface area contributed by atoms with Gasteiger partial charge in [0.25, 0.3) is 5.69 Å². The lowest BCUT2D eigenvalue weighted by atomic mass is 10.1. The average molecular weight is 450 g/mol. The van der Waals surface area contributed by atoms with Gasteiger partial charge in [-0.05, 0) is 49.6 Å². The Morgan fingerprint density at radius 2 is 1.67 bits per heavy atom. The fourth-order valence-corrected chi connectivity index (χ4v) is 3.76. The summed E-state index contributed by atoms with van der Waals surface area (Å²) >= 11 is 0. The Labute approximate surface area is 194 Å². The van der Waals surface area contributed by atoms with Gasteiger partial charge < -0.3 is 9.32 Å². The monoisotopic (exact) mass is 449 g/mol. The second kappa shape index (κ2) is 12.0. The molecule has 0 aliphatic carbocycles. The number of benzene rings is 2. The average Bonchev–Trinajstić information content (AvgIpc) is 3.22. The molecule has 0 aliphatic rings. The summed E-state index contributed by atoms with van der Waals surface area (Å²) in [7, 11) is 0. The van der Waals surface area contributed by atoms with Gasteiger partial charge in [0.1, 0.15) is 11.5 Å². The van der Waals surface area contributed by atoms with Gasteiger partial charge in [-0.1, -0.05) is 49.4 Å². The third-order valence-corrected chi connectivity index (χ3v) is 5.46. The van der Waals surface area contributed by atoms with Crippen LogP contribution in [-0.2, 0) is 24.3 Å². The maximum Gasteiger partial charge on any atom is 0.269 e. The minimum Gasteiger partial charge on any atom is -0.464 e. The minimum absolute atomic E-state index is 0.0374. The Morgan fingerprint density at radius 3 is 2.27 bits per heavy atom. The van der Waals surface area contributed by atoms with Crippen LogP contribution in [0.4, 0.5) is 5.69 Å². The van der Waals surface area contributed by atoms with Crippen molar-refractivity contribution in [3.05, 3.63) is 99.5 Å². The Balaban J connectivity index is 1.69. The summed E-state index contributed by atoms with van der Waals surface area (Å²) in [6, 6.07) is 20.5. The molecule has 174 valence electrons. The number of nitrogens with zero attached hydrogens (tertiary/aromatic N) is 3. The van der Waals surface area contributed by atoms with E-state index in [2.05, 4.69) is 24.0 Å². The normalized spacial score (nSPS) is 11.0. The number of non-ortho nitro benzene ring substituents is 1. The number of rotatable bonds is 12. The van der Waals surface area contributed by atoms with Crippen LogP contribution in [0.1, 0.15) is 36.0 Å². The molecular weight excluding hydrogens is 418 g/mol. The van der Waals surface area contributed by atoms with Crippen LogP contribution in [0.25, 0.3) is 0 Å². The van der Waals surface area contributed by atoms with Crippen molar-refractivity contribution in [1.29, 1.82) is 0 Å². The molecule has 0 fully saturated rings. The molecule has 7 heteroatoms. The van der Waals surface area contributed by atoms with E-state index in [4.69, 9.17) is 4.42 Å². The molecule has 0 spiro atoms. The van der Waals surface area contributed by atoms with Gasteiger partial charge in [-0.25, -0.2) is 0 Å². The summed E-state index contributed by atoms with van der Waals surface area (Å²) in [6.45, 7) is 6.59. The largest absolute Gasteiger partial charge is 0.464 e. The summed E-state index contributed by atoms with van der Waals surface area (Å²) in [5.41, 5.74) is 2.19. The molecule has 2 aromatic carbocycles. The Hall–Kier alpha value is -3.45. The van der Waals surface area contributed by atoms with Gasteiger partial charge in [0.2, 0.25) is 5.91 Å². The predicted octanol–water partition coefficient (Wildman–Crippen LogP) is 4.98. The van der Waals surface area contributed by atoms with E-state index in [1.165, 1.54) is 17.7 Å². The first-order valence-electron chi connectivity index (χ1n) is 11.3. The molecular formula is C26H31N3O4. The van der Waals surface area contributed by atoms with Crippen molar-refractivity contribution in [2.75, 3.05) is 19.6 Å². The van der Waals surface area contributed by atoms with Crippen molar-refractivity contribution in [1.82, 2.24) is 9.80 Å². The smallest absolute Gasteiger partial charge is 0.269 e. The first-order valence-corrected chi connectivity index (χ1v) is 11.3. The molecule has 1 amide bonds. The van der Waals surface area contributed by atoms with Crippen LogP contribution in [-0.4, -0.2) is 40.3 Å². The Morgan fingerprint density at radius 1 is 0.939 bits per heavy atom. The number of nitro benzene ring substituents is 1. The van der Waals surface area contributed by atoms with Gasteiger partial charge in [-0.2, -0.15) is 0 Å². The minimum atomic E-state index is -0.405. The van der Waals surface area contributed by atoms with Crippen molar-refractivity contribution in [3.8, 4) is 0 Å². The molecule has 33 heavy (non-hydrogen) atoms. The molecule has 7 nitrogen and oxygen atoms in total. The van der Waals surface area contributed by atoms with E-state index >= 15 is 0 Å². The van der Waals surface area contributed by atoms with Crippen LogP contribution >= 0.6 is 0 Å². The van der Waals surface area contributed by atoms with Crippen molar-refractivity contribution >= 4 is 11.6 Å². The summed E-state index contributed by atoms with van der Waals surface area (Å²) < 4.78 is 5.73. The summed E-state index contributed by atoms with van der Waals surface area (Å²) in [5.74, 6) is 1.63. The molecule has 0 bridgehead atoms. The van der Waals surface area contributed by atoms with E-state index < -0.39 is 4.92 Å². The van der Waals surface area contributed by atoms with Crippen LogP contribution in [0.3, 0.4) is 0 Å². The molecule has 3 rings (SSSR count). The molecule has 0 atom stereocenters. The van der Waals surface area contributed by atoms with Crippen molar-refractivity contribution in [3.63, 3.8) is 0 Å². The van der Waals surface area contributed by atoms with E-state index in [1.54, 1.807) is 12.1 Å². The quantitative estimate of drug-likeness (QED) is 0.288. The number of hydrogen-bond donors (Lipinski definition) is 0. The molecule has 1 heterocycles. The fraction of sp³-hybridized carbons (Fsp3) is 0.346. The highest BCUT2D eigenvalue weighted by Gasteiger charge is 2.19.